The number of nitrogens with two attached hydrogens (primary N) is 1. The van der Waals surface area contributed by atoms with Gasteiger partial charge < -0.3 is 30.0 Å². The first-order valence-electron chi connectivity index (χ1n) is 9.74. The first-order valence-corrected chi connectivity index (χ1v) is 10.9. The normalized spacial score (nSPS) is 24.9. The van der Waals surface area contributed by atoms with E-state index in [-0.39, 0.29) is 24.4 Å². The monoisotopic (exact) mass is 506 g/mol. The number of halogens is 2. The topological polar surface area (TPSA) is 101 Å². The third-order valence-corrected chi connectivity index (χ3v) is 6.66. The third kappa shape index (κ3) is 3.92. The minimum absolute atomic E-state index is 0.134. The lowest BCUT2D eigenvalue weighted by Gasteiger charge is -2.20. The van der Waals surface area contributed by atoms with Crippen LogP contribution in [0.25, 0.3) is 10.9 Å². The molecule has 10 heteroatoms. The molecule has 2 aromatic carbocycles. The highest BCUT2D eigenvalue weighted by Gasteiger charge is 2.47. The number of rotatable bonds is 5. The molecule has 162 valence electrons. The van der Waals surface area contributed by atoms with E-state index in [9.17, 15) is 0 Å². The van der Waals surface area contributed by atoms with Crippen molar-refractivity contribution >= 4 is 49.9 Å². The second kappa shape index (κ2) is 8.40. The molecule has 2 aliphatic rings. The van der Waals surface area contributed by atoms with Crippen molar-refractivity contribution in [3.05, 3.63) is 46.2 Å². The zero-order valence-electron chi connectivity index (χ0n) is 16.5. The first kappa shape index (κ1) is 20.7. The van der Waals surface area contributed by atoms with Crippen molar-refractivity contribution in [3.8, 4) is 11.5 Å². The van der Waals surface area contributed by atoms with Crippen LogP contribution >= 0.6 is 27.5 Å². The molecule has 5 rings (SSSR count). The van der Waals surface area contributed by atoms with Crippen molar-refractivity contribution in [3.63, 3.8) is 0 Å². The molecular weight excluding hydrogens is 488 g/mol. The van der Waals surface area contributed by atoms with E-state index in [4.69, 9.17) is 36.3 Å². The highest BCUT2D eigenvalue weighted by Crippen LogP contribution is 2.38. The van der Waals surface area contributed by atoms with Crippen molar-refractivity contribution in [1.29, 1.82) is 0 Å². The minimum atomic E-state index is -0.269. The first-order chi connectivity index (χ1) is 15.0. The molecular formula is C21H20BrClN4O4. The molecule has 2 saturated heterocycles. The zero-order chi connectivity index (χ0) is 21.5. The van der Waals surface area contributed by atoms with Crippen LogP contribution in [0.3, 0.4) is 0 Å². The van der Waals surface area contributed by atoms with Crippen LogP contribution in [-0.2, 0) is 9.47 Å². The van der Waals surface area contributed by atoms with E-state index in [1.807, 2.05) is 30.3 Å². The van der Waals surface area contributed by atoms with Crippen LogP contribution < -0.4 is 20.5 Å². The summed E-state index contributed by atoms with van der Waals surface area (Å²) in [6.45, 7) is 0.873. The molecule has 0 spiro atoms. The summed E-state index contributed by atoms with van der Waals surface area (Å²) in [6.07, 6.45) is 0.886. The summed E-state index contributed by atoms with van der Waals surface area (Å²) in [5.41, 5.74) is 7.55. The van der Waals surface area contributed by atoms with E-state index in [0.29, 0.717) is 41.1 Å². The highest BCUT2D eigenvalue weighted by molar-refractivity contribution is 9.10. The molecule has 2 aliphatic heterocycles. The fourth-order valence-electron chi connectivity index (χ4n) is 3.88. The summed E-state index contributed by atoms with van der Waals surface area (Å²) >= 11 is 9.61. The lowest BCUT2D eigenvalue weighted by molar-refractivity contribution is 0.0295. The van der Waals surface area contributed by atoms with Gasteiger partial charge in [-0.2, -0.15) is 0 Å². The summed E-state index contributed by atoms with van der Waals surface area (Å²) in [4.78, 5) is 8.79. The maximum atomic E-state index is 6.22. The van der Waals surface area contributed by atoms with Gasteiger partial charge in [0.2, 0.25) is 0 Å². The molecule has 0 aliphatic carbocycles. The number of nitrogens with one attached hydrogen (secondary N) is 1. The molecule has 0 bridgehead atoms. The standard InChI is InChI=1S/C21H20BrClN4O4/c1-28-16-5-11-15(6-17(16)31-18-8-30-19-14(24)7-29-20(18)19)25-9-26-21(11)27-10-2-3-12(22)13(23)4-10/h2-6,9,14,18-20H,7-8,24H2,1H3,(H,25,26,27)/t14-,18-,19?,20?/m1/s1. The SMILES string of the molecule is COc1cc2c(Nc3ccc(Br)c(Cl)c3)ncnc2cc1O[C@@H]1COC2C1OC[C@H]2N. The summed E-state index contributed by atoms with van der Waals surface area (Å²) in [5, 5.41) is 4.67. The molecule has 8 nitrogen and oxygen atoms in total. The molecule has 0 saturated carbocycles. The smallest absolute Gasteiger partial charge is 0.164 e. The Bertz CT molecular complexity index is 1130. The van der Waals surface area contributed by atoms with Gasteiger partial charge in [0.15, 0.2) is 17.6 Å². The number of aromatic nitrogens is 2. The third-order valence-electron chi connectivity index (χ3n) is 5.43. The van der Waals surface area contributed by atoms with Gasteiger partial charge in [0, 0.05) is 21.6 Å². The maximum absolute atomic E-state index is 6.22. The van der Waals surface area contributed by atoms with Gasteiger partial charge in [0.25, 0.3) is 0 Å². The van der Waals surface area contributed by atoms with E-state index in [1.54, 1.807) is 7.11 Å². The number of ether oxygens (including phenoxy) is 4. The van der Waals surface area contributed by atoms with Crippen LogP contribution in [0.4, 0.5) is 11.5 Å². The summed E-state index contributed by atoms with van der Waals surface area (Å²) in [7, 11) is 1.59. The largest absolute Gasteiger partial charge is 0.493 e. The van der Waals surface area contributed by atoms with E-state index < -0.39 is 0 Å². The van der Waals surface area contributed by atoms with Crippen LogP contribution in [-0.4, -0.2) is 54.6 Å². The lowest BCUT2D eigenvalue weighted by atomic mass is 10.1. The van der Waals surface area contributed by atoms with E-state index in [2.05, 4.69) is 31.2 Å². The fourth-order valence-corrected chi connectivity index (χ4v) is 4.31. The van der Waals surface area contributed by atoms with Gasteiger partial charge in [-0.25, -0.2) is 9.97 Å². The molecule has 1 aromatic heterocycles. The number of methoxy groups -OCH3 is 1. The van der Waals surface area contributed by atoms with Gasteiger partial charge in [-0.3, -0.25) is 0 Å². The lowest BCUT2D eigenvalue weighted by Crippen LogP contribution is -2.38. The fraction of sp³-hybridized carbons (Fsp3) is 0.333. The van der Waals surface area contributed by atoms with Gasteiger partial charge in [-0.1, -0.05) is 11.6 Å². The van der Waals surface area contributed by atoms with E-state index in [1.165, 1.54) is 6.33 Å². The predicted octanol–water partition coefficient (Wildman–Crippen LogP) is 3.67. The van der Waals surface area contributed by atoms with Gasteiger partial charge in [-0.15, -0.1) is 0 Å². The van der Waals surface area contributed by atoms with Crippen molar-refractivity contribution in [2.75, 3.05) is 25.6 Å². The van der Waals surface area contributed by atoms with Gasteiger partial charge in [0.1, 0.15) is 24.4 Å². The number of benzene rings is 2. The molecule has 31 heavy (non-hydrogen) atoms. The Morgan fingerprint density at radius 1 is 1.13 bits per heavy atom. The van der Waals surface area contributed by atoms with Crippen LogP contribution in [0.1, 0.15) is 0 Å². The summed E-state index contributed by atoms with van der Waals surface area (Å²) in [5.74, 6) is 1.75. The van der Waals surface area contributed by atoms with E-state index in [0.717, 1.165) is 15.5 Å². The predicted molar refractivity (Wildman–Crippen MR) is 120 cm³/mol. The number of nitrogens with zero attached hydrogens (tertiary/aromatic N) is 2. The van der Waals surface area contributed by atoms with Crippen molar-refractivity contribution in [2.45, 2.75) is 24.4 Å². The molecule has 4 atom stereocenters. The Morgan fingerprint density at radius 3 is 2.77 bits per heavy atom. The van der Waals surface area contributed by atoms with Crippen LogP contribution in [0.5, 0.6) is 11.5 Å². The molecule has 3 heterocycles. The molecule has 3 N–H and O–H groups in total. The average molecular weight is 508 g/mol. The Hall–Kier alpha value is -2.17. The Balaban J connectivity index is 1.45. The van der Waals surface area contributed by atoms with Gasteiger partial charge in [-0.05, 0) is 40.2 Å². The molecule has 0 radical (unpaired) electrons. The van der Waals surface area contributed by atoms with Crippen LogP contribution in [0.2, 0.25) is 5.02 Å². The number of fused-ring (bicyclic) bond motifs is 2. The Morgan fingerprint density at radius 2 is 1.97 bits per heavy atom. The van der Waals surface area contributed by atoms with Crippen molar-refractivity contribution in [1.82, 2.24) is 9.97 Å². The average Bonchev–Trinajstić information content (AvgIpc) is 3.34. The molecule has 2 unspecified atom stereocenters. The number of hydrogen-bond donors (Lipinski definition) is 2. The molecule has 2 fully saturated rings. The quantitative estimate of drug-likeness (QED) is 0.539. The second-order valence-corrected chi connectivity index (χ2v) is 8.67. The Labute approximate surface area is 192 Å². The van der Waals surface area contributed by atoms with Crippen LogP contribution in [0, 0.1) is 0 Å². The minimum Gasteiger partial charge on any atom is -0.493 e. The molecule has 0 amide bonds. The molecule has 3 aromatic rings. The van der Waals surface area contributed by atoms with Crippen LogP contribution in [0.15, 0.2) is 41.1 Å². The van der Waals surface area contributed by atoms with Crippen molar-refractivity contribution < 1.29 is 18.9 Å². The second-order valence-electron chi connectivity index (χ2n) is 7.41. The number of hydrogen-bond acceptors (Lipinski definition) is 8. The number of anilines is 2. The van der Waals surface area contributed by atoms with Crippen molar-refractivity contribution in [2.24, 2.45) is 5.73 Å². The van der Waals surface area contributed by atoms with Gasteiger partial charge in [0.05, 0.1) is 36.9 Å². The Kier molecular flexibility index (Phi) is 5.61. The van der Waals surface area contributed by atoms with E-state index >= 15 is 0 Å². The van der Waals surface area contributed by atoms with Gasteiger partial charge >= 0.3 is 0 Å². The summed E-state index contributed by atoms with van der Waals surface area (Å²) < 4.78 is 24.2. The highest BCUT2D eigenvalue weighted by atomic mass is 79.9. The zero-order valence-corrected chi connectivity index (χ0v) is 18.9. The maximum Gasteiger partial charge on any atom is 0.164 e. The summed E-state index contributed by atoms with van der Waals surface area (Å²) in [6, 6.07) is 9.14.